The van der Waals surface area contributed by atoms with Crippen LogP contribution in [-0.4, -0.2) is 12.3 Å². The van der Waals surface area contributed by atoms with Gasteiger partial charge in [0, 0.05) is 17.4 Å². The fourth-order valence-electron chi connectivity index (χ4n) is 3.03. The lowest BCUT2D eigenvalue weighted by atomic mass is 10.0. The molecule has 1 N–H and O–H groups in total. The van der Waals surface area contributed by atoms with Crippen LogP contribution in [0.4, 0.5) is 18.9 Å². The zero-order chi connectivity index (χ0) is 21.2. The van der Waals surface area contributed by atoms with Gasteiger partial charge in [-0.25, -0.2) is 4.79 Å². The Balaban J connectivity index is 1.75. The van der Waals surface area contributed by atoms with Crippen molar-refractivity contribution in [2.24, 2.45) is 0 Å². The van der Waals surface area contributed by atoms with Crippen LogP contribution in [0.25, 0.3) is 11.0 Å². The second kappa shape index (κ2) is 7.98. The number of nitrogens with one attached hydrogen (secondary N) is 1. The molecule has 5 nitrogen and oxygen atoms in total. The summed E-state index contributed by atoms with van der Waals surface area (Å²) >= 11 is 0. The molecule has 29 heavy (non-hydrogen) atoms. The minimum atomic E-state index is -4.87. The third-order valence-electron chi connectivity index (χ3n) is 4.43. The molecule has 2 aromatic carbocycles. The van der Waals surface area contributed by atoms with Crippen molar-refractivity contribution in [1.82, 2.24) is 0 Å². The summed E-state index contributed by atoms with van der Waals surface area (Å²) in [4.78, 5) is 24.6. The van der Waals surface area contributed by atoms with Crippen LogP contribution in [-0.2, 0) is 11.2 Å². The fraction of sp³-hybridized carbons (Fsp3) is 0.238. The molecule has 8 heteroatoms. The van der Waals surface area contributed by atoms with Gasteiger partial charge in [0.2, 0.25) is 5.91 Å². The second-order valence-corrected chi connectivity index (χ2v) is 6.58. The number of alkyl halides is 3. The van der Waals surface area contributed by atoms with Crippen molar-refractivity contribution in [1.29, 1.82) is 0 Å². The van der Waals surface area contributed by atoms with Crippen LogP contribution < -0.4 is 15.7 Å². The Labute approximate surface area is 164 Å². The van der Waals surface area contributed by atoms with Gasteiger partial charge in [0.1, 0.15) is 5.58 Å². The van der Waals surface area contributed by atoms with Crippen LogP contribution in [0, 0.1) is 13.8 Å². The van der Waals surface area contributed by atoms with E-state index in [2.05, 4.69) is 10.1 Å². The molecule has 3 aromatic rings. The predicted octanol–water partition coefficient (Wildman–Crippen LogP) is 4.88. The molecule has 152 valence electrons. The number of carbonyl (C=O) groups is 1. The Bertz CT molecular complexity index is 1120. The Morgan fingerprint density at radius 2 is 1.86 bits per heavy atom. The van der Waals surface area contributed by atoms with E-state index in [1.165, 1.54) is 18.2 Å². The van der Waals surface area contributed by atoms with Crippen molar-refractivity contribution in [2.75, 3.05) is 5.32 Å². The van der Waals surface area contributed by atoms with Crippen molar-refractivity contribution in [2.45, 2.75) is 33.1 Å². The molecule has 0 aliphatic carbocycles. The largest absolute Gasteiger partial charge is 0.573 e. The zero-order valence-electron chi connectivity index (χ0n) is 15.7. The van der Waals surface area contributed by atoms with Gasteiger partial charge in [-0.05, 0) is 49.6 Å². The molecule has 0 atom stereocenters. The topological polar surface area (TPSA) is 68.5 Å². The monoisotopic (exact) mass is 405 g/mol. The average Bonchev–Trinajstić information content (AvgIpc) is 2.61. The number of halogens is 3. The number of carbonyl (C=O) groups excluding carboxylic acids is 1. The summed E-state index contributed by atoms with van der Waals surface area (Å²) in [5.74, 6) is -1.06. The van der Waals surface area contributed by atoms with Gasteiger partial charge < -0.3 is 14.5 Å². The first-order valence-corrected chi connectivity index (χ1v) is 8.81. The summed E-state index contributed by atoms with van der Waals surface area (Å²) in [6, 6.07) is 10.7. The Morgan fingerprint density at radius 1 is 1.14 bits per heavy atom. The van der Waals surface area contributed by atoms with E-state index in [0.29, 0.717) is 16.7 Å². The normalized spacial score (nSPS) is 11.5. The fourth-order valence-corrected chi connectivity index (χ4v) is 3.03. The molecule has 1 aromatic heterocycles. The predicted molar refractivity (Wildman–Crippen MR) is 102 cm³/mol. The van der Waals surface area contributed by atoms with Gasteiger partial charge in [0.15, 0.2) is 5.75 Å². The molecular formula is C21H18F3NO4. The number of rotatable bonds is 5. The summed E-state index contributed by atoms with van der Waals surface area (Å²) in [6.07, 6.45) is -4.89. The SMILES string of the molecule is Cc1ccc2c(C)c(CCC(=O)Nc3ccccc3OC(F)(F)F)c(=O)oc2c1. The molecule has 0 spiro atoms. The molecule has 0 aliphatic heterocycles. The maximum Gasteiger partial charge on any atom is 0.573 e. The van der Waals surface area contributed by atoms with Crippen molar-refractivity contribution in [3.05, 3.63) is 69.6 Å². The van der Waals surface area contributed by atoms with E-state index >= 15 is 0 Å². The average molecular weight is 405 g/mol. The van der Waals surface area contributed by atoms with Crippen molar-refractivity contribution < 1.29 is 27.1 Å². The van der Waals surface area contributed by atoms with Gasteiger partial charge in [0.25, 0.3) is 0 Å². The van der Waals surface area contributed by atoms with Gasteiger partial charge in [-0.3, -0.25) is 4.79 Å². The van der Waals surface area contributed by atoms with E-state index in [1.54, 1.807) is 13.0 Å². The van der Waals surface area contributed by atoms with Crippen molar-refractivity contribution >= 4 is 22.6 Å². The van der Waals surface area contributed by atoms with Crippen LogP contribution >= 0.6 is 0 Å². The van der Waals surface area contributed by atoms with Crippen LogP contribution in [0.15, 0.2) is 51.7 Å². The number of ether oxygens (including phenoxy) is 1. The van der Waals surface area contributed by atoms with Crippen molar-refractivity contribution in [3.63, 3.8) is 0 Å². The second-order valence-electron chi connectivity index (χ2n) is 6.58. The van der Waals surface area contributed by atoms with Crippen LogP contribution in [0.1, 0.15) is 23.1 Å². The molecule has 1 heterocycles. The van der Waals surface area contributed by atoms with Gasteiger partial charge in [-0.15, -0.1) is 13.2 Å². The smallest absolute Gasteiger partial charge is 0.423 e. The van der Waals surface area contributed by atoms with E-state index in [-0.39, 0.29) is 18.5 Å². The third-order valence-corrected chi connectivity index (χ3v) is 4.43. The highest BCUT2D eigenvalue weighted by Gasteiger charge is 2.32. The zero-order valence-corrected chi connectivity index (χ0v) is 15.7. The first kappa shape index (κ1) is 20.4. The van der Waals surface area contributed by atoms with Gasteiger partial charge in [-0.1, -0.05) is 24.3 Å². The number of hydrogen-bond donors (Lipinski definition) is 1. The third kappa shape index (κ3) is 4.96. The quantitative estimate of drug-likeness (QED) is 0.615. The van der Waals surface area contributed by atoms with E-state index in [1.807, 2.05) is 19.1 Å². The number of hydrogen-bond acceptors (Lipinski definition) is 4. The lowest BCUT2D eigenvalue weighted by Crippen LogP contribution is -2.20. The van der Waals surface area contributed by atoms with E-state index in [0.717, 1.165) is 17.0 Å². The van der Waals surface area contributed by atoms with Crippen molar-refractivity contribution in [3.8, 4) is 5.75 Å². The summed E-state index contributed by atoms with van der Waals surface area (Å²) < 4.78 is 46.7. The molecule has 0 bridgehead atoms. The molecule has 0 fully saturated rings. The number of amides is 1. The van der Waals surface area contributed by atoms with Gasteiger partial charge in [0.05, 0.1) is 5.69 Å². The minimum Gasteiger partial charge on any atom is -0.423 e. The number of anilines is 1. The highest BCUT2D eigenvalue weighted by Crippen LogP contribution is 2.30. The van der Waals surface area contributed by atoms with Crippen LogP contribution in [0.5, 0.6) is 5.75 Å². The first-order valence-electron chi connectivity index (χ1n) is 8.81. The molecule has 1 amide bonds. The first-order chi connectivity index (χ1) is 13.6. The number of benzene rings is 2. The molecular weight excluding hydrogens is 387 g/mol. The highest BCUT2D eigenvalue weighted by atomic mass is 19.4. The maximum absolute atomic E-state index is 12.5. The number of fused-ring (bicyclic) bond motifs is 1. The Kier molecular flexibility index (Phi) is 5.63. The van der Waals surface area contributed by atoms with Crippen LogP contribution in [0.2, 0.25) is 0 Å². The van der Waals surface area contributed by atoms with Gasteiger partial charge >= 0.3 is 12.0 Å². The Hall–Kier alpha value is -3.29. The molecule has 0 saturated heterocycles. The summed E-state index contributed by atoms with van der Waals surface area (Å²) in [6.45, 7) is 3.65. The summed E-state index contributed by atoms with van der Waals surface area (Å²) in [7, 11) is 0. The number of para-hydroxylation sites is 2. The standard InChI is InChI=1S/C21H18F3NO4/c1-12-7-8-14-13(2)15(20(27)28-18(14)11-12)9-10-19(26)25-16-5-3-4-6-17(16)29-21(22,23)24/h3-8,11H,9-10H2,1-2H3,(H,25,26). The van der Waals surface area contributed by atoms with E-state index < -0.39 is 23.6 Å². The van der Waals surface area contributed by atoms with Gasteiger partial charge in [-0.2, -0.15) is 0 Å². The summed E-state index contributed by atoms with van der Waals surface area (Å²) in [5, 5.41) is 3.16. The molecule has 0 aliphatic rings. The highest BCUT2D eigenvalue weighted by molar-refractivity contribution is 5.92. The summed E-state index contributed by atoms with van der Waals surface area (Å²) in [5.41, 5.74) is 1.86. The lowest BCUT2D eigenvalue weighted by Gasteiger charge is -2.14. The Morgan fingerprint density at radius 3 is 2.59 bits per heavy atom. The maximum atomic E-state index is 12.5. The molecule has 3 rings (SSSR count). The lowest BCUT2D eigenvalue weighted by molar-refractivity contribution is -0.274. The molecule has 0 saturated carbocycles. The van der Waals surface area contributed by atoms with E-state index in [4.69, 9.17) is 4.42 Å². The molecule has 0 unspecified atom stereocenters. The minimum absolute atomic E-state index is 0.0894. The molecule has 0 radical (unpaired) electrons. The number of aryl methyl sites for hydroxylation is 2. The van der Waals surface area contributed by atoms with Crippen LogP contribution in [0.3, 0.4) is 0 Å². The van der Waals surface area contributed by atoms with E-state index in [9.17, 15) is 22.8 Å².